The predicted molar refractivity (Wildman–Crippen MR) is 139 cm³/mol. The molecule has 0 radical (unpaired) electrons. The molecule has 35 heavy (non-hydrogen) atoms. The Labute approximate surface area is 211 Å². The first-order valence-corrected chi connectivity index (χ1v) is 12.4. The highest BCUT2D eigenvalue weighted by Crippen LogP contribution is 2.52. The van der Waals surface area contributed by atoms with Crippen LogP contribution in [0, 0.1) is 5.41 Å². The summed E-state index contributed by atoms with van der Waals surface area (Å²) in [4.78, 5) is 8.65. The van der Waals surface area contributed by atoms with Gasteiger partial charge in [-0.25, -0.2) is 14.5 Å². The highest BCUT2D eigenvalue weighted by molar-refractivity contribution is 9.10. The Hall–Kier alpha value is -3.01. The number of aryl methyl sites for hydroxylation is 1. The standard InChI is InChI=1S/C26H27BrN6O2/c1-25(2)34-21-16(19-6-7-20-24(29)30-13-31-33(19)20)12-26(3,22(21)35-25)9-8-14-4-5-15-11-17(27)23(28)32-18(15)10-14/h4-7,10-13,21-22H,8-9H2,1-3H3,(H2,28,32)(H2,29,30,31)/t21-,22-,26-/m0/s1. The minimum Gasteiger partial charge on any atom is -0.383 e. The summed E-state index contributed by atoms with van der Waals surface area (Å²) in [7, 11) is 0. The number of halogens is 1. The van der Waals surface area contributed by atoms with Gasteiger partial charge in [0.05, 0.1) is 15.7 Å². The quantitative estimate of drug-likeness (QED) is 0.387. The summed E-state index contributed by atoms with van der Waals surface area (Å²) in [6.07, 6.45) is 5.22. The molecular formula is C26H27BrN6O2. The fraction of sp³-hybridized carbons (Fsp3) is 0.346. The maximum Gasteiger partial charge on any atom is 0.164 e. The minimum absolute atomic E-state index is 0.109. The maximum absolute atomic E-state index is 6.46. The summed E-state index contributed by atoms with van der Waals surface area (Å²) < 4.78 is 15.5. The first-order chi connectivity index (χ1) is 16.6. The molecular weight excluding hydrogens is 508 g/mol. The van der Waals surface area contributed by atoms with E-state index < -0.39 is 5.79 Å². The van der Waals surface area contributed by atoms with Gasteiger partial charge in [-0.05, 0) is 72.4 Å². The maximum atomic E-state index is 6.46. The van der Waals surface area contributed by atoms with Gasteiger partial charge in [0, 0.05) is 16.4 Å². The van der Waals surface area contributed by atoms with Gasteiger partial charge in [-0.15, -0.1) is 0 Å². The van der Waals surface area contributed by atoms with E-state index in [-0.39, 0.29) is 17.6 Å². The third-order valence-electron chi connectivity index (χ3n) is 7.13. The first-order valence-electron chi connectivity index (χ1n) is 11.7. The molecule has 0 amide bonds. The molecule has 0 spiro atoms. The van der Waals surface area contributed by atoms with E-state index in [2.05, 4.69) is 62.2 Å². The lowest BCUT2D eigenvalue weighted by Crippen LogP contribution is -2.34. The van der Waals surface area contributed by atoms with Crippen molar-refractivity contribution in [2.24, 2.45) is 5.41 Å². The van der Waals surface area contributed by atoms with E-state index in [9.17, 15) is 0 Å². The number of nitrogen functional groups attached to an aromatic ring is 2. The monoisotopic (exact) mass is 534 g/mol. The van der Waals surface area contributed by atoms with Crippen molar-refractivity contribution in [3.8, 4) is 0 Å². The lowest BCUT2D eigenvalue weighted by molar-refractivity contribution is -0.153. The number of fused-ring (bicyclic) bond motifs is 3. The van der Waals surface area contributed by atoms with Crippen LogP contribution in [0.4, 0.5) is 11.6 Å². The molecule has 1 aromatic carbocycles. The molecule has 6 rings (SSSR count). The van der Waals surface area contributed by atoms with Crippen LogP contribution in [0.3, 0.4) is 0 Å². The van der Waals surface area contributed by atoms with E-state index in [1.165, 1.54) is 11.9 Å². The van der Waals surface area contributed by atoms with E-state index in [1.54, 1.807) is 0 Å². The molecule has 9 heteroatoms. The SMILES string of the molecule is CC1(C)O[C@H]2C(c3ccc4c(N)ncnn34)=C[C@](C)(CCc3ccc4cc(Br)c(N)nc4c3)[C@H]2O1. The largest absolute Gasteiger partial charge is 0.383 e. The lowest BCUT2D eigenvalue weighted by atomic mass is 9.81. The Kier molecular flexibility index (Phi) is 4.97. The number of anilines is 2. The Bertz CT molecular complexity index is 1510. The molecule has 1 aliphatic heterocycles. The van der Waals surface area contributed by atoms with Crippen molar-refractivity contribution in [1.82, 2.24) is 19.6 Å². The Morgan fingerprint density at radius 2 is 1.89 bits per heavy atom. The number of benzene rings is 1. The molecule has 2 aliphatic rings. The normalized spacial score (nSPS) is 25.3. The summed E-state index contributed by atoms with van der Waals surface area (Å²) in [6.45, 7) is 6.19. The zero-order chi connectivity index (χ0) is 24.5. The smallest absolute Gasteiger partial charge is 0.164 e. The van der Waals surface area contributed by atoms with Crippen LogP contribution < -0.4 is 11.5 Å². The van der Waals surface area contributed by atoms with Gasteiger partial charge < -0.3 is 20.9 Å². The fourth-order valence-corrected chi connectivity index (χ4v) is 5.70. The highest BCUT2D eigenvalue weighted by Gasteiger charge is 2.55. The molecule has 0 unspecified atom stereocenters. The number of ether oxygens (including phenoxy) is 2. The molecule has 4 heterocycles. The molecule has 1 aliphatic carbocycles. The van der Waals surface area contributed by atoms with E-state index in [0.29, 0.717) is 11.6 Å². The Morgan fingerprint density at radius 3 is 2.71 bits per heavy atom. The van der Waals surface area contributed by atoms with Gasteiger partial charge in [0.15, 0.2) is 11.6 Å². The van der Waals surface area contributed by atoms with Crippen molar-refractivity contribution in [3.63, 3.8) is 0 Å². The molecule has 8 nitrogen and oxygen atoms in total. The average Bonchev–Trinajstić information content (AvgIpc) is 3.45. The number of nitrogens with two attached hydrogens (primary N) is 2. The number of rotatable bonds is 4. The summed E-state index contributed by atoms with van der Waals surface area (Å²) in [5.41, 5.74) is 16.7. The van der Waals surface area contributed by atoms with Crippen molar-refractivity contribution >= 4 is 49.6 Å². The van der Waals surface area contributed by atoms with Crippen LogP contribution in [0.15, 0.2) is 53.3 Å². The average molecular weight is 535 g/mol. The second kappa shape index (κ2) is 7.74. The molecule has 1 fully saturated rings. The first kappa shape index (κ1) is 22.5. The lowest BCUT2D eigenvalue weighted by Gasteiger charge is -2.30. The van der Waals surface area contributed by atoms with Crippen molar-refractivity contribution < 1.29 is 9.47 Å². The van der Waals surface area contributed by atoms with Crippen LogP contribution in [0.1, 0.15) is 38.4 Å². The molecule has 3 aromatic heterocycles. The number of aromatic nitrogens is 4. The van der Waals surface area contributed by atoms with Crippen LogP contribution in [-0.2, 0) is 15.9 Å². The zero-order valence-electron chi connectivity index (χ0n) is 19.8. The fourth-order valence-electron chi connectivity index (χ4n) is 5.37. The van der Waals surface area contributed by atoms with Crippen LogP contribution in [-0.4, -0.2) is 37.6 Å². The van der Waals surface area contributed by atoms with E-state index in [0.717, 1.165) is 45.0 Å². The molecule has 4 aromatic rings. The van der Waals surface area contributed by atoms with Gasteiger partial charge in [0.1, 0.15) is 29.9 Å². The van der Waals surface area contributed by atoms with Crippen LogP contribution >= 0.6 is 15.9 Å². The second-order valence-electron chi connectivity index (χ2n) is 10.1. The van der Waals surface area contributed by atoms with Crippen molar-refractivity contribution in [2.45, 2.75) is 51.6 Å². The second-order valence-corrected chi connectivity index (χ2v) is 11.0. The summed E-state index contributed by atoms with van der Waals surface area (Å²) in [6, 6.07) is 12.4. The summed E-state index contributed by atoms with van der Waals surface area (Å²) >= 11 is 3.46. The van der Waals surface area contributed by atoms with Crippen molar-refractivity contribution in [2.75, 3.05) is 11.5 Å². The van der Waals surface area contributed by atoms with Gasteiger partial charge in [0.2, 0.25) is 0 Å². The molecule has 180 valence electrons. The Balaban J connectivity index is 1.35. The molecule has 4 N–H and O–H groups in total. The third-order valence-corrected chi connectivity index (χ3v) is 7.77. The Morgan fingerprint density at radius 1 is 1.06 bits per heavy atom. The number of hydrogen-bond acceptors (Lipinski definition) is 7. The van der Waals surface area contributed by atoms with Crippen LogP contribution in [0.2, 0.25) is 0 Å². The van der Waals surface area contributed by atoms with Crippen molar-refractivity contribution in [1.29, 1.82) is 0 Å². The number of pyridine rings is 1. The topological polar surface area (TPSA) is 114 Å². The van der Waals surface area contributed by atoms with Gasteiger partial charge >= 0.3 is 0 Å². The van der Waals surface area contributed by atoms with Crippen LogP contribution in [0.25, 0.3) is 22.0 Å². The van der Waals surface area contributed by atoms with E-state index in [4.69, 9.17) is 20.9 Å². The number of nitrogens with zero attached hydrogens (tertiary/aromatic N) is 4. The highest BCUT2D eigenvalue weighted by atomic mass is 79.9. The van der Waals surface area contributed by atoms with Gasteiger partial charge in [-0.2, -0.15) is 5.10 Å². The molecule has 0 bridgehead atoms. The third kappa shape index (κ3) is 3.69. The van der Waals surface area contributed by atoms with Crippen LogP contribution in [0.5, 0.6) is 0 Å². The van der Waals surface area contributed by atoms with Crippen molar-refractivity contribution in [3.05, 3.63) is 64.5 Å². The number of hydrogen-bond donors (Lipinski definition) is 2. The predicted octanol–water partition coefficient (Wildman–Crippen LogP) is 4.76. The zero-order valence-corrected chi connectivity index (χ0v) is 21.4. The van der Waals surface area contributed by atoms with E-state index in [1.807, 2.05) is 36.6 Å². The summed E-state index contributed by atoms with van der Waals surface area (Å²) in [5.74, 6) is 0.274. The molecule has 3 atom stereocenters. The summed E-state index contributed by atoms with van der Waals surface area (Å²) in [5, 5.41) is 5.50. The van der Waals surface area contributed by atoms with Gasteiger partial charge in [-0.3, -0.25) is 0 Å². The molecule has 0 saturated carbocycles. The molecule has 1 saturated heterocycles. The minimum atomic E-state index is -0.672. The van der Waals surface area contributed by atoms with E-state index >= 15 is 0 Å². The van der Waals surface area contributed by atoms with Gasteiger partial charge in [-0.1, -0.05) is 25.1 Å². The van der Waals surface area contributed by atoms with Gasteiger partial charge in [0.25, 0.3) is 0 Å².